The Bertz CT molecular complexity index is 628. The Hall–Kier alpha value is -1.95. The first-order valence-corrected chi connectivity index (χ1v) is 5.98. The Balaban J connectivity index is 2.58. The maximum absolute atomic E-state index is 11.0. The number of nitrogens with one attached hydrogen (secondary N) is 1. The number of aromatic nitrogens is 1. The number of pyridine rings is 1. The molecule has 0 saturated carbocycles. The molecule has 0 unspecified atom stereocenters. The summed E-state index contributed by atoms with van der Waals surface area (Å²) in [6.45, 7) is 4.11. The summed E-state index contributed by atoms with van der Waals surface area (Å²) >= 11 is 3.22. The van der Waals surface area contributed by atoms with E-state index in [1.54, 1.807) is 6.07 Å². The summed E-state index contributed by atoms with van der Waals surface area (Å²) in [6.07, 6.45) is 1.27. The summed E-state index contributed by atoms with van der Waals surface area (Å²) in [5.41, 5.74) is 1.14. The van der Waals surface area contributed by atoms with E-state index in [1.165, 1.54) is 6.20 Å². The Morgan fingerprint density at radius 3 is 2.89 bits per heavy atom. The summed E-state index contributed by atoms with van der Waals surface area (Å²) in [4.78, 5) is 14.6. The minimum absolute atomic E-state index is 0.0394. The van der Waals surface area contributed by atoms with Crippen molar-refractivity contribution in [2.45, 2.75) is 0 Å². The van der Waals surface area contributed by atoms with Gasteiger partial charge >= 0.3 is 5.69 Å². The van der Waals surface area contributed by atoms with E-state index in [9.17, 15) is 10.1 Å². The Kier molecular flexibility index (Phi) is 3.57. The molecule has 18 heavy (non-hydrogen) atoms. The normalized spacial score (nSPS) is 10.3. The number of halogens is 1. The topological polar surface area (TPSA) is 68.1 Å². The molecule has 0 amide bonds. The van der Waals surface area contributed by atoms with Crippen LogP contribution in [0.1, 0.15) is 0 Å². The highest BCUT2D eigenvalue weighted by Gasteiger charge is 2.17. The lowest BCUT2D eigenvalue weighted by atomic mass is 10.1. The van der Waals surface area contributed by atoms with Crippen molar-refractivity contribution in [1.29, 1.82) is 0 Å². The molecule has 2 rings (SSSR count). The Labute approximate surface area is 112 Å². The Morgan fingerprint density at radius 1 is 1.50 bits per heavy atom. The van der Waals surface area contributed by atoms with Crippen LogP contribution in [0.15, 0.2) is 41.5 Å². The van der Waals surface area contributed by atoms with Crippen LogP contribution in [0.5, 0.6) is 0 Å². The zero-order valence-electron chi connectivity index (χ0n) is 9.39. The van der Waals surface area contributed by atoms with E-state index in [1.807, 2.05) is 18.2 Å². The van der Waals surface area contributed by atoms with Crippen LogP contribution in [0.2, 0.25) is 0 Å². The number of rotatable bonds is 4. The number of hydrogen-bond donors (Lipinski definition) is 1. The molecule has 5 nitrogen and oxygen atoms in total. The number of nitrogens with zero attached hydrogens (tertiary/aromatic N) is 2. The van der Waals surface area contributed by atoms with Gasteiger partial charge in [0.05, 0.1) is 10.4 Å². The first-order chi connectivity index (χ1) is 8.59. The predicted octanol–water partition coefficient (Wildman–Crippen LogP) is 3.46. The number of benzene rings is 1. The molecule has 1 heterocycles. The highest BCUT2D eigenvalue weighted by atomic mass is 79.9. The van der Waals surface area contributed by atoms with Gasteiger partial charge in [-0.1, -0.05) is 40.7 Å². The molecule has 2 aromatic rings. The molecular formula is C12H10BrN3O2. The van der Waals surface area contributed by atoms with E-state index in [4.69, 9.17) is 0 Å². The number of anilines is 1. The first kappa shape index (κ1) is 12.5. The lowest BCUT2D eigenvalue weighted by Crippen LogP contribution is -2.05. The maximum atomic E-state index is 11.0. The van der Waals surface area contributed by atoms with Crippen molar-refractivity contribution in [3.05, 3.63) is 51.6 Å². The lowest BCUT2D eigenvalue weighted by Gasteiger charge is -2.09. The molecule has 1 aromatic heterocycles. The monoisotopic (exact) mass is 307 g/mol. The van der Waals surface area contributed by atoms with E-state index >= 15 is 0 Å². The second-order valence-electron chi connectivity index (χ2n) is 3.66. The van der Waals surface area contributed by atoms with E-state index in [2.05, 4.69) is 32.8 Å². The van der Waals surface area contributed by atoms with Gasteiger partial charge in [0.15, 0.2) is 0 Å². The maximum Gasteiger partial charge on any atom is 0.311 e. The number of para-hydroxylation sites is 1. The molecule has 1 aromatic carbocycles. The second-order valence-corrected chi connectivity index (χ2v) is 4.78. The molecule has 0 radical (unpaired) electrons. The van der Waals surface area contributed by atoms with Gasteiger partial charge in [0.2, 0.25) is 0 Å². The highest BCUT2D eigenvalue weighted by molar-refractivity contribution is 9.11. The van der Waals surface area contributed by atoms with Crippen molar-refractivity contribution in [2.24, 2.45) is 0 Å². The van der Waals surface area contributed by atoms with Gasteiger partial charge in [-0.15, -0.1) is 0 Å². The average molecular weight is 308 g/mol. The Morgan fingerprint density at radius 2 is 2.22 bits per heavy atom. The van der Waals surface area contributed by atoms with Gasteiger partial charge in [0.1, 0.15) is 11.9 Å². The standard InChI is InChI=1S/C12H10BrN3O2/c1-8(13)6-15-12-9-4-2-3-5-10(9)14-7-11(12)16(17)18/h2-5,7H,1,6H2,(H,14,15). The van der Waals surface area contributed by atoms with Crippen LogP contribution >= 0.6 is 15.9 Å². The van der Waals surface area contributed by atoms with E-state index < -0.39 is 4.92 Å². The van der Waals surface area contributed by atoms with Crippen LogP contribution in [0, 0.1) is 10.1 Å². The lowest BCUT2D eigenvalue weighted by molar-refractivity contribution is -0.384. The van der Waals surface area contributed by atoms with Crippen LogP contribution in [-0.2, 0) is 0 Å². The van der Waals surface area contributed by atoms with Gasteiger partial charge in [0, 0.05) is 16.4 Å². The fourth-order valence-electron chi connectivity index (χ4n) is 1.64. The fraction of sp³-hybridized carbons (Fsp3) is 0.0833. The van der Waals surface area contributed by atoms with Gasteiger partial charge in [0.25, 0.3) is 0 Å². The largest absolute Gasteiger partial charge is 0.374 e. The third kappa shape index (κ3) is 2.48. The number of fused-ring (bicyclic) bond motifs is 1. The van der Waals surface area contributed by atoms with Crippen LogP contribution in [0.4, 0.5) is 11.4 Å². The van der Waals surface area contributed by atoms with Crippen molar-refractivity contribution >= 4 is 38.2 Å². The van der Waals surface area contributed by atoms with Gasteiger partial charge in [-0.2, -0.15) is 0 Å². The van der Waals surface area contributed by atoms with Crippen LogP contribution < -0.4 is 5.32 Å². The summed E-state index contributed by atoms with van der Waals surface area (Å²) in [6, 6.07) is 7.28. The number of nitro groups is 1. The van der Waals surface area contributed by atoms with Crippen molar-refractivity contribution in [3.63, 3.8) is 0 Å². The zero-order chi connectivity index (χ0) is 13.1. The molecular weight excluding hydrogens is 298 g/mol. The van der Waals surface area contributed by atoms with Crippen LogP contribution in [-0.4, -0.2) is 16.5 Å². The molecule has 0 aliphatic heterocycles. The van der Waals surface area contributed by atoms with Crippen molar-refractivity contribution < 1.29 is 4.92 Å². The number of hydrogen-bond acceptors (Lipinski definition) is 4. The molecule has 0 spiro atoms. The van der Waals surface area contributed by atoms with E-state index in [0.717, 1.165) is 9.87 Å². The van der Waals surface area contributed by atoms with Crippen molar-refractivity contribution in [3.8, 4) is 0 Å². The summed E-state index contributed by atoms with van der Waals surface area (Å²) < 4.78 is 0.720. The van der Waals surface area contributed by atoms with Gasteiger partial charge in [-0.25, -0.2) is 4.98 Å². The van der Waals surface area contributed by atoms with E-state index in [-0.39, 0.29) is 5.69 Å². The van der Waals surface area contributed by atoms with Crippen LogP contribution in [0.3, 0.4) is 0 Å². The first-order valence-electron chi connectivity index (χ1n) is 5.19. The van der Waals surface area contributed by atoms with Gasteiger partial charge in [-0.05, 0) is 6.07 Å². The highest BCUT2D eigenvalue weighted by Crippen LogP contribution is 2.31. The van der Waals surface area contributed by atoms with Gasteiger partial charge < -0.3 is 5.32 Å². The zero-order valence-corrected chi connectivity index (χ0v) is 11.0. The summed E-state index contributed by atoms with van der Waals surface area (Å²) in [7, 11) is 0. The van der Waals surface area contributed by atoms with Crippen molar-refractivity contribution in [2.75, 3.05) is 11.9 Å². The molecule has 0 bridgehead atoms. The van der Waals surface area contributed by atoms with Crippen LogP contribution in [0.25, 0.3) is 10.9 Å². The smallest absolute Gasteiger partial charge is 0.311 e. The van der Waals surface area contributed by atoms with E-state index in [0.29, 0.717) is 17.7 Å². The minimum Gasteiger partial charge on any atom is -0.374 e. The molecule has 6 heteroatoms. The molecule has 0 aliphatic carbocycles. The summed E-state index contributed by atoms with van der Waals surface area (Å²) in [5, 5.41) is 14.7. The fourth-order valence-corrected chi connectivity index (χ4v) is 1.78. The average Bonchev–Trinajstić information content (AvgIpc) is 2.35. The molecule has 0 aliphatic rings. The minimum atomic E-state index is -0.446. The molecule has 92 valence electrons. The molecule has 0 fully saturated rings. The van der Waals surface area contributed by atoms with Crippen molar-refractivity contribution in [1.82, 2.24) is 4.98 Å². The third-order valence-electron chi connectivity index (χ3n) is 2.41. The third-order valence-corrected chi connectivity index (χ3v) is 2.69. The SMILES string of the molecule is C=C(Br)CNc1c([N+](=O)[O-])cnc2ccccc12. The summed E-state index contributed by atoms with van der Waals surface area (Å²) in [5.74, 6) is 0. The molecule has 0 atom stereocenters. The molecule has 0 saturated heterocycles. The quantitative estimate of drug-likeness (QED) is 0.693. The second kappa shape index (κ2) is 5.14. The van der Waals surface area contributed by atoms with Gasteiger partial charge in [-0.3, -0.25) is 10.1 Å². The predicted molar refractivity (Wildman–Crippen MR) is 75.0 cm³/mol. The molecule has 1 N–H and O–H groups in total.